The van der Waals surface area contributed by atoms with E-state index in [1.165, 1.54) is 0 Å². The van der Waals surface area contributed by atoms with Gasteiger partial charge in [-0.05, 0) is 44.0 Å². The predicted molar refractivity (Wildman–Crippen MR) is 102 cm³/mol. The van der Waals surface area contributed by atoms with Gasteiger partial charge in [-0.25, -0.2) is 8.78 Å². The smallest absolute Gasteiger partial charge is 0.251 e. The second-order valence-corrected chi connectivity index (χ2v) is 7.64. The van der Waals surface area contributed by atoms with Crippen molar-refractivity contribution in [2.75, 3.05) is 6.54 Å². The van der Waals surface area contributed by atoms with Crippen LogP contribution >= 0.6 is 0 Å². The largest absolute Gasteiger partial charge is 0.388 e. The highest BCUT2D eigenvalue weighted by atomic mass is 19.1. The Hall–Kier alpha value is -2.99. The first-order chi connectivity index (χ1) is 14.5. The van der Waals surface area contributed by atoms with Crippen LogP contribution in [0.1, 0.15) is 31.1 Å². The molecular formula is C17H21F2N7O5. The molecule has 1 heterocycles. The molecule has 5 atom stereocenters. The van der Waals surface area contributed by atoms with Gasteiger partial charge in [-0.15, -0.1) is 0 Å². The molecule has 3 N–H and O–H groups in total. The first-order valence-corrected chi connectivity index (χ1v) is 9.03. The Balaban J connectivity index is 2.31. The van der Waals surface area contributed by atoms with Crippen LogP contribution in [0.5, 0.6) is 0 Å². The number of carbonyl (C=O) groups excluding carboxylic acids is 1. The number of benzene rings is 1. The fourth-order valence-corrected chi connectivity index (χ4v) is 2.87. The van der Waals surface area contributed by atoms with Gasteiger partial charge < -0.3 is 25.0 Å². The van der Waals surface area contributed by atoms with Crippen molar-refractivity contribution in [2.45, 2.75) is 57.0 Å². The van der Waals surface area contributed by atoms with Gasteiger partial charge >= 0.3 is 0 Å². The fourth-order valence-electron chi connectivity index (χ4n) is 2.87. The van der Waals surface area contributed by atoms with Crippen molar-refractivity contribution in [1.29, 1.82) is 0 Å². The lowest BCUT2D eigenvalue weighted by molar-refractivity contribution is -0.285. The number of aliphatic hydroxyl groups excluding tert-OH is 2. The number of carbonyl (C=O) groups is 1. The van der Waals surface area contributed by atoms with Gasteiger partial charge in [-0.1, -0.05) is 10.2 Å². The molecule has 2 rings (SSSR count). The summed E-state index contributed by atoms with van der Waals surface area (Å²) in [5.41, 5.74) is 14.7. The van der Waals surface area contributed by atoms with Gasteiger partial charge in [-0.2, -0.15) is 0 Å². The average molecular weight is 441 g/mol. The van der Waals surface area contributed by atoms with E-state index in [1.807, 2.05) is 0 Å². The summed E-state index contributed by atoms with van der Waals surface area (Å²) in [6, 6.07) is -0.0372. The summed E-state index contributed by atoms with van der Waals surface area (Å²) >= 11 is 0. The van der Waals surface area contributed by atoms with Crippen LogP contribution in [0.4, 0.5) is 14.5 Å². The molecule has 1 amide bonds. The number of aliphatic hydroxyl groups is 2. The van der Waals surface area contributed by atoms with Crippen LogP contribution in [0.25, 0.3) is 20.9 Å². The van der Waals surface area contributed by atoms with Crippen molar-refractivity contribution >= 4 is 11.6 Å². The van der Waals surface area contributed by atoms with Crippen LogP contribution in [0.3, 0.4) is 0 Å². The first-order valence-electron chi connectivity index (χ1n) is 9.03. The van der Waals surface area contributed by atoms with Crippen LogP contribution in [0.2, 0.25) is 0 Å². The Labute approximate surface area is 175 Å². The third-order valence-electron chi connectivity index (χ3n) is 4.22. The summed E-state index contributed by atoms with van der Waals surface area (Å²) in [5.74, 6) is -3.54. The summed E-state index contributed by atoms with van der Waals surface area (Å²) in [6.07, 6.45) is -5.60. The topological polar surface area (TPSA) is 186 Å². The number of nitrogens with one attached hydrogen (secondary N) is 1. The minimum atomic E-state index is -1.62. The van der Waals surface area contributed by atoms with Crippen LogP contribution in [0, 0.1) is 11.6 Å². The molecule has 0 radical (unpaired) electrons. The summed E-state index contributed by atoms with van der Waals surface area (Å²) in [5, 5.41) is 29.3. The molecule has 1 aliphatic heterocycles. The molecule has 2 unspecified atom stereocenters. The number of ether oxygens (including phenoxy) is 2. The monoisotopic (exact) mass is 441 g/mol. The second-order valence-electron chi connectivity index (χ2n) is 7.64. The van der Waals surface area contributed by atoms with E-state index in [1.54, 1.807) is 20.8 Å². The molecule has 0 spiro atoms. The number of halogens is 2. The maximum atomic E-state index is 14.0. The molecule has 0 saturated carbocycles. The van der Waals surface area contributed by atoms with E-state index >= 15 is 0 Å². The molecule has 1 aromatic rings. The van der Waals surface area contributed by atoms with Gasteiger partial charge in [0.2, 0.25) is 0 Å². The van der Waals surface area contributed by atoms with E-state index in [9.17, 15) is 23.8 Å². The maximum Gasteiger partial charge on any atom is 0.251 e. The van der Waals surface area contributed by atoms with E-state index in [4.69, 9.17) is 20.5 Å². The Morgan fingerprint density at radius 2 is 1.84 bits per heavy atom. The fraction of sp³-hybridized carbons (Fsp3) is 0.588. The van der Waals surface area contributed by atoms with Crippen molar-refractivity contribution in [3.05, 3.63) is 50.2 Å². The highest BCUT2D eigenvalue weighted by molar-refractivity contribution is 5.94. The van der Waals surface area contributed by atoms with E-state index in [2.05, 4.69) is 25.4 Å². The van der Waals surface area contributed by atoms with Gasteiger partial charge in [0, 0.05) is 15.4 Å². The van der Waals surface area contributed by atoms with Crippen LogP contribution in [-0.2, 0) is 9.47 Å². The summed E-state index contributed by atoms with van der Waals surface area (Å²) in [7, 11) is 0. The number of hydrogen-bond donors (Lipinski definition) is 3. The Morgan fingerprint density at radius 1 is 1.23 bits per heavy atom. The molecule has 1 saturated heterocycles. The second kappa shape index (κ2) is 9.88. The minimum Gasteiger partial charge on any atom is -0.388 e. The lowest BCUT2D eigenvalue weighted by Crippen LogP contribution is -2.65. The number of nitrogens with zero attached hydrogens (tertiary/aromatic N) is 6. The molecule has 12 nitrogen and oxygen atoms in total. The van der Waals surface area contributed by atoms with Crippen LogP contribution in [0.15, 0.2) is 22.4 Å². The molecule has 31 heavy (non-hydrogen) atoms. The van der Waals surface area contributed by atoms with Gasteiger partial charge in [0.25, 0.3) is 5.91 Å². The molecule has 1 fully saturated rings. The van der Waals surface area contributed by atoms with Crippen molar-refractivity contribution in [2.24, 2.45) is 10.2 Å². The van der Waals surface area contributed by atoms with E-state index in [0.29, 0.717) is 12.1 Å². The van der Waals surface area contributed by atoms with Gasteiger partial charge in [0.15, 0.2) is 6.29 Å². The quantitative estimate of drug-likeness (QED) is 0.347. The zero-order chi connectivity index (χ0) is 23.3. The van der Waals surface area contributed by atoms with Crippen LogP contribution in [-0.4, -0.2) is 58.9 Å². The van der Waals surface area contributed by atoms with Crippen molar-refractivity contribution < 1.29 is 33.3 Å². The predicted octanol–water partition coefficient (Wildman–Crippen LogP) is 2.58. The minimum absolute atomic E-state index is 0.309. The summed E-state index contributed by atoms with van der Waals surface area (Å²) in [4.78, 5) is 17.5. The summed E-state index contributed by atoms with van der Waals surface area (Å²) < 4.78 is 39.3. The maximum absolute atomic E-state index is 14.0. The van der Waals surface area contributed by atoms with Crippen molar-refractivity contribution in [1.82, 2.24) is 5.32 Å². The van der Waals surface area contributed by atoms with E-state index < -0.39 is 65.0 Å². The highest BCUT2D eigenvalue weighted by Crippen LogP contribution is 2.27. The highest BCUT2D eigenvalue weighted by Gasteiger charge is 2.46. The van der Waals surface area contributed by atoms with Gasteiger partial charge in [0.05, 0.1) is 18.2 Å². The molecule has 1 aromatic carbocycles. The van der Waals surface area contributed by atoms with Gasteiger partial charge in [-0.3, -0.25) is 4.79 Å². The molecule has 14 heteroatoms. The Kier molecular flexibility index (Phi) is 7.74. The van der Waals surface area contributed by atoms with Crippen molar-refractivity contribution in [3.63, 3.8) is 0 Å². The van der Waals surface area contributed by atoms with Gasteiger partial charge in [0.1, 0.15) is 35.6 Å². The first kappa shape index (κ1) is 24.3. The SMILES string of the molecule is CC(C)(C)O[C@H]1OC(CN=[N+]=[N-])[C@H](O)[C@H](O)C1NC(=O)c1cc(F)c(N=[N+]=[N-])c(F)c1. The normalized spacial score (nSPS) is 25.8. The molecule has 0 bridgehead atoms. The number of hydrogen-bond acceptors (Lipinski definition) is 7. The van der Waals surface area contributed by atoms with Crippen molar-refractivity contribution in [3.8, 4) is 0 Å². The lowest BCUT2D eigenvalue weighted by Gasteiger charge is -2.44. The standard InChI is InChI=1S/C17H21F2N7O5/c1-17(2,3)31-16-12(14(28)13(27)10(30-16)6-22-25-20)23-15(29)7-4-8(18)11(24-26-21)9(19)5-7/h4-5,10,12-14,16,27-28H,6H2,1-3H3,(H,23,29)/t10?,12?,13-,14+,16+/m0/s1. The molecule has 0 aromatic heterocycles. The number of rotatable bonds is 6. The molecule has 168 valence electrons. The zero-order valence-electron chi connectivity index (χ0n) is 16.8. The van der Waals surface area contributed by atoms with E-state index in [-0.39, 0.29) is 6.54 Å². The molecular weight excluding hydrogens is 420 g/mol. The molecule has 1 aliphatic rings. The van der Waals surface area contributed by atoms with Crippen LogP contribution < -0.4 is 5.32 Å². The lowest BCUT2D eigenvalue weighted by atomic mass is 9.96. The Bertz CT molecular complexity index is 905. The number of azide groups is 2. The number of amides is 1. The third kappa shape index (κ3) is 6.01. The Morgan fingerprint density at radius 3 is 2.35 bits per heavy atom. The summed E-state index contributed by atoms with van der Waals surface area (Å²) in [6.45, 7) is 4.72. The average Bonchev–Trinajstić information content (AvgIpc) is 2.67. The molecule has 0 aliphatic carbocycles. The van der Waals surface area contributed by atoms with E-state index in [0.717, 1.165) is 0 Å². The zero-order valence-corrected chi connectivity index (χ0v) is 16.8. The third-order valence-corrected chi connectivity index (χ3v) is 4.22.